The van der Waals surface area contributed by atoms with Crippen LogP contribution in [0.5, 0.6) is 0 Å². The van der Waals surface area contributed by atoms with Gasteiger partial charge in [0.15, 0.2) is 5.78 Å². The third-order valence-corrected chi connectivity index (χ3v) is 4.55. The van der Waals surface area contributed by atoms with Crippen molar-refractivity contribution in [2.45, 2.75) is 19.1 Å². The topological polar surface area (TPSA) is 58.9 Å². The number of benzene rings is 2. The van der Waals surface area contributed by atoms with Crippen LogP contribution in [0, 0.1) is 5.41 Å². The van der Waals surface area contributed by atoms with E-state index in [0.29, 0.717) is 24.1 Å². The van der Waals surface area contributed by atoms with Gasteiger partial charge in [-0.05, 0) is 17.5 Å². The minimum absolute atomic E-state index is 0.0565. The Kier molecular flexibility index (Phi) is 2.87. The van der Waals surface area contributed by atoms with E-state index in [1.54, 1.807) is 0 Å². The van der Waals surface area contributed by atoms with Gasteiger partial charge in [-0.1, -0.05) is 59.8 Å². The average Bonchev–Trinajstić information content (AvgIpc) is 2.85. The molecule has 0 bridgehead atoms. The minimum Gasteiger partial charge on any atom is -0.362 e. The molecule has 1 aliphatic carbocycles. The molecule has 110 valence electrons. The molecule has 0 fully saturated rings. The first-order chi connectivity index (χ1) is 10.7. The summed E-state index contributed by atoms with van der Waals surface area (Å²) in [7, 11) is 0. The molecule has 2 atom stereocenters. The highest BCUT2D eigenvalue weighted by Crippen LogP contribution is 2.45. The van der Waals surface area contributed by atoms with Crippen molar-refractivity contribution in [3.8, 4) is 0 Å². The Labute approximate surface area is 128 Å². The van der Waals surface area contributed by atoms with Gasteiger partial charge in [0.1, 0.15) is 5.41 Å². The molecule has 0 amide bonds. The number of ketones is 1. The van der Waals surface area contributed by atoms with Crippen molar-refractivity contribution in [2.24, 2.45) is 10.6 Å². The molecule has 4 rings (SSSR count). The van der Waals surface area contributed by atoms with Crippen molar-refractivity contribution >= 4 is 11.5 Å². The molecule has 0 saturated heterocycles. The van der Waals surface area contributed by atoms with E-state index < -0.39 is 11.7 Å². The van der Waals surface area contributed by atoms with Gasteiger partial charge in [0.2, 0.25) is 6.29 Å². The number of hydrogen-bond donors (Lipinski definition) is 1. The largest absolute Gasteiger partial charge is 0.362 e. The Hall–Kier alpha value is -2.46. The fraction of sp³-hybridized carbons (Fsp3) is 0.222. The van der Waals surface area contributed by atoms with Crippen molar-refractivity contribution in [1.29, 1.82) is 0 Å². The zero-order chi connectivity index (χ0) is 15.2. The number of rotatable bonds is 1. The molecule has 0 radical (unpaired) electrons. The van der Waals surface area contributed by atoms with E-state index in [1.165, 1.54) is 0 Å². The van der Waals surface area contributed by atoms with Crippen LogP contribution in [0.2, 0.25) is 0 Å². The Bertz CT molecular complexity index is 769. The summed E-state index contributed by atoms with van der Waals surface area (Å²) in [4.78, 5) is 18.1. The monoisotopic (exact) mass is 293 g/mol. The lowest BCUT2D eigenvalue weighted by molar-refractivity contribution is -0.164. The van der Waals surface area contributed by atoms with Crippen molar-refractivity contribution in [2.75, 3.05) is 0 Å². The van der Waals surface area contributed by atoms with Crippen molar-refractivity contribution < 1.29 is 14.7 Å². The predicted octanol–water partition coefficient (Wildman–Crippen LogP) is 2.55. The second-order valence-electron chi connectivity index (χ2n) is 5.86. The molecule has 4 heteroatoms. The second kappa shape index (κ2) is 4.78. The van der Waals surface area contributed by atoms with Crippen LogP contribution >= 0.6 is 0 Å². The summed E-state index contributed by atoms with van der Waals surface area (Å²) < 4.78 is 0. The van der Waals surface area contributed by atoms with E-state index in [9.17, 15) is 9.90 Å². The van der Waals surface area contributed by atoms with Gasteiger partial charge in [-0.3, -0.25) is 4.79 Å². The van der Waals surface area contributed by atoms with Crippen LogP contribution in [0.25, 0.3) is 0 Å². The fourth-order valence-electron chi connectivity index (χ4n) is 3.34. The maximum absolute atomic E-state index is 12.9. The van der Waals surface area contributed by atoms with Crippen LogP contribution in [0.15, 0.2) is 59.8 Å². The van der Waals surface area contributed by atoms with Crippen LogP contribution in [0.4, 0.5) is 0 Å². The van der Waals surface area contributed by atoms with E-state index in [4.69, 9.17) is 4.84 Å². The third-order valence-electron chi connectivity index (χ3n) is 4.55. The number of fused-ring (bicyclic) bond motifs is 1. The summed E-state index contributed by atoms with van der Waals surface area (Å²) in [6.45, 7) is 0. The lowest BCUT2D eigenvalue weighted by Crippen LogP contribution is -2.46. The van der Waals surface area contributed by atoms with Gasteiger partial charge < -0.3 is 9.94 Å². The van der Waals surface area contributed by atoms with E-state index >= 15 is 0 Å². The summed E-state index contributed by atoms with van der Waals surface area (Å²) in [5, 5.41) is 14.3. The van der Waals surface area contributed by atoms with E-state index in [0.717, 1.165) is 11.1 Å². The lowest BCUT2D eigenvalue weighted by Gasteiger charge is -2.34. The number of Topliss-reactive ketones (excluding diaryl/α,β-unsaturated/α-hetero) is 1. The highest BCUT2D eigenvalue weighted by atomic mass is 16.7. The molecule has 1 aliphatic heterocycles. The number of hydrogen-bond acceptors (Lipinski definition) is 4. The highest BCUT2D eigenvalue weighted by Gasteiger charge is 2.54. The average molecular weight is 293 g/mol. The zero-order valence-electron chi connectivity index (χ0n) is 11.9. The van der Waals surface area contributed by atoms with Crippen LogP contribution in [-0.4, -0.2) is 22.9 Å². The van der Waals surface area contributed by atoms with Gasteiger partial charge in [0.05, 0.1) is 5.71 Å². The van der Waals surface area contributed by atoms with Gasteiger partial charge in [-0.25, -0.2) is 0 Å². The number of nitrogens with zero attached hydrogens (tertiary/aromatic N) is 1. The second-order valence-corrected chi connectivity index (χ2v) is 5.86. The third kappa shape index (κ3) is 1.81. The summed E-state index contributed by atoms with van der Waals surface area (Å²) in [6, 6.07) is 17.1. The quantitative estimate of drug-likeness (QED) is 0.879. The van der Waals surface area contributed by atoms with Gasteiger partial charge in [-0.2, -0.15) is 0 Å². The number of carbonyl (C=O) groups excluding carboxylic acids is 1. The molecule has 1 unspecified atom stereocenters. The molecule has 2 aromatic rings. The molecule has 0 saturated carbocycles. The van der Waals surface area contributed by atoms with Crippen molar-refractivity contribution in [1.82, 2.24) is 0 Å². The first-order valence-electron chi connectivity index (χ1n) is 7.30. The van der Waals surface area contributed by atoms with Gasteiger partial charge in [0.25, 0.3) is 0 Å². The van der Waals surface area contributed by atoms with E-state index in [2.05, 4.69) is 5.16 Å². The summed E-state index contributed by atoms with van der Waals surface area (Å²) >= 11 is 0. The van der Waals surface area contributed by atoms with Crippen LogP contribution < -0.4 is 0 Å². The Morgan fingerprint density at radius 2 is 1.77 bits per heavy atom. The smallest absolute Gasteiger partial charge is 0.238 e. The number of aliphatic hydroxyl groups excluding tert-OH is 1. The standard InChI is InChI=1S/C18H15NO3/c20-16-14-9-5-4-8-13(14)10-18(16)11-15(19-22-17(18)21)12-6-2-1-3-7-12/h1-9,17,21H,10-11H2/t17?,18-/m0/s1. The fourth-order valence-corrected chi connectivity index (χ4v) is 3.34. The number of aliphatic hydroxyl groups is 1. The number of carbonyl (C=O) groups is 1. The predicted molar refractivity (Wildman–Crippen MR) is 81.6 cm³/mol. The minimum atomic E-state index is -1.21. The maximum atomic E-state index is 12.9. The lowest BCUT2D eigenvalue weighted by atomic mass is 9.76. The van der Waals surface area contributed by atoms with Gasteiger partial charge >= 0.3 is 0 Å². The maximum Gasteiger partial charge on any atom is 0.238 e. The first-order valence-corrected chi connectivity index (χ1v) is 7.30. The molecule has 1 N–H and O–H groups in total. The molecule has 0 aromatic heterocycles. The summed E-state index contributed by atoms with van der Waals surface area (Å²) in [5.74, 6) is -0.0565. The van der Waals surface area contributed by atoms with E-state index in [-0.39, 0.29) is 5.78 Å². The summed E-state index contributed by atoms with van der Waals surface area (Å²) in [5.41, 5.74) is 2.30. The highest BCUT2D eigenvalue weighted by molar-refractivity contribution is 6.10. The van der Waals surface area contributed by atoms with E-state index in [1.807, 2.05) is 54.6 Å². The van der Waals surface area contributed by atoms with Crippen LogP contribution in [-0.2, 0) is 11.3 Å². The van der Waals surface area contributed by atoms with Crippen molar-refractivity contribution in [3.63, 3.8) is 0 Å². The van der Waals surface area contributed by atoms with Gasteiger partial charge in [0, 0.05) is 12.0 Å². The Morgan fingerprint density at radius 1 is 1.05 bits per heavy atom. The summed E-state index contributed by atoms with van der Waals surface area (Å²) in [6.07, 6.45) is -0.347. The SMILES string of the molecule is O=C1c2ccccc2C[C@]12CC(c1ccccc1)=NOC2O. The van der Waals surface area contributed by atoms with Crippen LogP contribution in [0.3, 0.4) is 0 Å². The van der Waals surface area contributed by atoms with Crippen LogP contribution in [0.1, 0.15) is 27.9 Å². The van der Waals surface area contributed by atoms with Crippen molar-refractivity contribution in [3.05, 3.63) is 71.3 Å². The normalized spacial score (nSPS) is 26.5. The zero-order valence-corrected chi connectivity index (χ0v) is 11.9. The molecule has 1 spiro atoms. The molecule has 4 nitrogen and oxygen atoms in total. The molecular weight excluding hydrogens is 278 g/mol. The first kappa shape index (κ1) is 13.2. The van der Waals surface area contributed by atoms with Gasteiger partial charge in [-0.15, -0.1) is 0 Å². The number of oxime groups is 1. The molecular formula is C18H15NO3. The molecule has 2 aliphatic rings. The Balaban J connectivity index is 1.75. The molecule has 1 heterocycles. The molecule has 2 aromatic carbocycles. The molecule has 22 heavy (non-hydrogen) atoms. The Morgan fingerprint density at radius 3 is 2.55 bits per heavy atom.